The molecule has 1 atom stereocenters. The van der Waals surface area contributed by atoms with E-state index < -0.39 is 16.9 Å². The third-order valence-electron chi connectivity index (χ3n) is 1.81. The number of nitro benzene ring substituents is 1. The van der Waals surface area contributed by atoms with Crippen molar-refractivity contribution in [3.05, 3.63) is 34.4 Å². The minimum Gasteiger partial charge on any atom is -0.548 e. The lowest BCUT2D eigenvalue weighted by molar-refractivity contribution is -0.384. The van der Waals surface area contributed by atoms with Crippen LogP contribution in [0.1, 0.15) is 6.92 Å². The lowest BCUT2D eigenvalue weighted by Crippen LogP contribution is -2.38. The molecule has 80 valence electrons. The Morgan fingerprint density at radius 2 is 1.93 bits per heavy atom. The van der Waals surface area contributed by atoms with Gasteiger partial charge in [0.2, 0.25) is 0 Å². The van der Waals surface area contributed by atoms with E-state index in [1.165, 1.54) is 31.2 Å². The van der Waals surface area contributed by atoms with Gasteiger partial charge in [-0.05, 0) is 19.1 Å². The summed E-state index contributed by atoms with van der Waals surface area (Å²) >= 11 is 0. The number of benzene rings is 1. The smallest absolute Gasteiger partial charge is 0.269 e. The molecule has 0 fully saturated rings. The van der Waals surface area contributed by atoms with Crippen molar-refractivity contribution in [1.29, 1.82) is 0 Å². The lowest BCUT2D eigenvalue weighted by Gasteiger charge is -2.15. The van der Waals surface area contributed by atoms with Crippen molar-refractivity contribution in [1.82, 2.24) is 0 Å². The average Bonchev–Trinajstić information content (AvgIpc) is 2.18. The summed E-state index contributed by atoms with van der Waals surface area (Å²) in [4.78, 5) is 20.2. The SMILES string of the molecule is CC(Nc1ccc([N+](=O)[O-])cc1)C(=O)[O-]. The normalized spacial score (nSPS) is 11.8. The average molecular weight is 209 g/mol. The van der Waals surface area contributed by atoms with Crippen LogP contribution in [0.4, 0.5) is 11.4 Å². The molecule has 1 unspecified atom stereocenters. The van der Waals surface area contributed by atoms with Gasteiger partial charge in [-0.25, -0.2) is 0 Å². The largest absolute Gasteiger partial charge is 0.548 e. The molecule has 6 heteroatoms. The van der Waals surface area contributed by atoms with E-state index in [1.807, 2.05) is 0 Å². The molecule has 0 radical (unpaired) electrons. The molecule has 0 saturated carbocycles. The Morgan fingerprint density at radius 1 is 1.40 bits per heavy atom. The van der Waals surface area contributed by atoms with E-state index in [4.69, 9.17) is 0 Å². The first-order valence-corrected chi connectivity index (χ1v) is 4.22. The van der Waals surface area contributed by atoms with Gasteiger partial charge in [0, 0.05) is 17.8 Å². The third-order valence-corrected chi connectivity index (χ3v) is 1.81. The number of rotatable bonds is 4. The van der Waals surface area contributed by atoms with Gasteiger partial charge in [0.1, 0.15) is 0 Å². The molecule has 0 amide bonds. The first-order chi connectivity index (χ1) is 7.00. The minimum absolute atomic E-state index is 0.0401. The van der Waals surface area contributed by atoms with Crippen LogP contribution in [0.3, 0.4) is 0 Å². The van der Waals surface area contributed by atoms with Gasteiger partial charge in [0.25, 0.3) is 5.69 Å². The fourth-order valence-electron chi connectivity index (χ4n) is 0.988. The maximum Gasteiger partial charge on any atom is 0.269 e. The number of non-ortho nitro benzene ring substituents is 1. The topological polar surface area (TPSA) is 95.3 Å². The molecule has 0 spiro atoms. The fourth-order valence-corrected chi connectivity index (χ4v) is 0.988. The zero-order valence-electron chi connectivity index (χ0n) is 7.97. The highest BCUT2D eigenvalue weighted by Gasteiger charge is 2.06. The van der Waals surface area contributed by atoms with E-state index >= 15 is 0 Å². The van der Waals surface area contributed by atoms with Crippen molar-refractivity contribution in [2.45, 2.75) is 13.0 Å². The van der Waals surface area contributed by atoms with Gasteiger partial charge in [-0.2, -0.15) is 0 Å². The Morgan fingerprint density at radius 3 is 2.33 bits per heavy atom. The summed E-state index contributed by atoms with van der Waals surface area (Å²) < 4.78 is 0. The summed E-state index contributed by atoms with van der Waals surface area (Å²) in [7, 11) is 0. The number of carbonyl (C=O) groups excluding carboxylic acids is 1. The molecule has 0 saturated heterocycles. The summed E-state index contributed by atoms with van der Waals surface area (Å²) in [6, 6.07) is 4.63. The molecular weight excluding hydrogens is 200 g/mol. The summed E-state index contributed by atoms with van der Waals surface area (Å²) in [5, 5.41) is 23.3. The van der Waals surface area contributed by atoms with Gasteiger partial charge in [0.05, 0.1) is 16.9 Å². The van der Waals surface area contributed by atoms with E-state index in [0.717, 1.165) is 0 Å². The zero-order valence-corrected chi connectivity index (χ0v) is 7.97. The second kappa shape index (κ2) is 4.41. The van der Waals surface area contributed by atoms with Crippen molar-refractivity contribution in [2.24, 2.45) is 0 Å². The molecule has 0 aliphatic heterocycles. The molecule has 1 rings (SSSR count). The number of nitrogens with one attached hydrogen (secondary N) is 1. The minimum atomic E-state index is -1.23. The second-order valence-electron chi connectivity index (χ2n) is 2.99. The molecule has 1 aromatic rings. The number of hydrogen-bond donors (Lipinski definition) is 1. The summed E-state index contributed by atoms with van der Waals surface area (Å²) in [6.45, 7) is 1.43. The Labute approximate surface area is 85.7 Å². The molecule has 1 N–H and O–H groups in total. The monoisotopic (exact) mass is 209 g/mol. The first kappa shape index (κ1) is 11.0. The van der Waals surface area contributed by atoms with Crippen LogP contribution in [0.25, 0.3) is 0 Å². The molecule has 15 heavy (non-hydrogen) atoms. The van der Waals surface area contributed by atoms with E-state index in [2.05, 4.69) is 5.32 Å². The van der Waals surface area contributed by atoms with Gasteiger partial charge in [-0.1, -0.05) is 0 Å². The van der Waals surface area contributed by atoms with Crippen LogP contribution >= 0.6 is 0 Å². The molecule has 0 bridgehead atoms. The zero-order chi connectivity index (χ0) is 11.4. The van der Waals surface area contributed by atoms with E-state index in [9.17, 15) is 20.0 Å². The summed E-state index contributed by atoms with van der Waals surface area (Å²) in [5.41, 5.74) is 0.457. The van der Waals surface area contributed by atoms with Crippen LogP contribution in [-0.2, 0) is 4.79 Å². The molecule has 6 nitrogen and oxygen atoms in total. The van der Waals surface area contributed by atoms with E-state index in [-0.39, 0.29) is 5.69 Å². The van der Waals surface area contributed by atoms with Crippen molar-refractivity contribution < 1.29 is 14.8 Å². The summed E-state index contributed by atoms with van der Waals surface area (Å²) in [5.74, 6) is -1.23. The number of carbonyl (C=O) groups is 1. The van der Waals surface area contributed by atoms with Gasteiger partial charge in [-0.3, -0.25) is 10.1 Å². The highest BCUT2D eigenvalue weighted by atomic mass is 16.6. The highest BCUT2D eigenvalue weighted by Crippen LogP contribution is 2.15. The van der Waals surface area contributed by atoms with Gasteiger partial charge >= 0.3 is 0 Å². The molecule has 0 aromatic heterocycles. The number of carboxylic acids is 1. The van der Waals surface area contributed by atoms with Gasteiger partial charge < -0.3 is 15.2 Å². The van der Waals surface area contributed by atoms with Crippen LogP contribution < -0.4 is 10.4 Å². The van der Waals surface area contributed by atoms with E-state index in [1.54, 1.807) is 0 Å². The van der Waals surface area contributed by atoms with Crippen molar-refractivity contribution >= 4 is 17.3 Å². The Bertz CT molecular complexity index is 374. The van der Waals surface area contributed by atoms with Gasteiger partial charge in [-0.15, -0.1) is 0 Å². The van der Waals surface area contributed by atoms with Crippen LogP contribution in [0.2, 0.25) is 0 Å². The first-order valence-electron chi connectivity index (χ1n) is 4.22. The van der Waals surface area contributed by atoms with Crippen LogP contribution in [0, 0.1) is 10.1 Å². The Balaban J connectivity index is 2.72. The second-order valence-corrected chi connectivity index (χ2v) is 2.99. The van der Waals surface area contributed by atoms with Crippen LogP contribution in [-0.4, -0.2) is 16.9 Å². The molecular formula is C9H9N2O4-. The van der Waals surface area contributed by atoms with Crippen LogP contribution in [0.5, 0.6) is 0 Å². The third kappa shape index (κ3) is 2.94. The number of nitrogens with zero attached hydrogens (tertiary/aromatic N) is 1. The Kier molecular flexibility index (Phi) is 3.22. The van der Waals surface area contributed by atoms with Gasteiger partial charge in [0.15, 0.2) is 0 Å². The molecule has 1 aromatic carbocycles. The Hall–Kier alpha value is -2.11. The predicted octanol–water partition coefficient (Wildman–Crippen LogP) is 0.145. The predicted molar refractivity (Wildman–Crippen MR) is 51.2 cm³/mol. The maximum absolute atomic E-state index is 10.4. The number of nitro groups is 1. The lowest BCUT2D eigenvalue weighted by atomic mass is 10.2. The van der Waals surface area contributed by atoms with Crippen molar-refractivity contribution in [3.63, 3.8) is 0 Å². The standard InChI is InChI=1S/C9H10N2O4/c1-6(9(12)13)10-7-2-4-8(5-3-7)11(14)15/h2-6,10H,1H3,(H,12,13)/p-1. The fraction of sp³-hybridized carbons (Fsp3) is 0.222. The number of carboxylic acid groups (broad SMARTS) is 1. The maximum atomic E-state index is 10.4. The molecule has 0 aliphatic carbocycles. The number of aliphatic carboxylic acids is 1. The van der Waals surface area contributed by atoms with Crippen LogP contribution in [0.15, 0.2) is 24.3 Å². The quantitative estimate of drug-likeness (QED) is 0.562. The summed E-state index contributed by atoms with van der Waals surface area (Å²) in [6.07, 6.45) is 0. The number of hydrogen-bond acceptors (Lipinski definition) is 5. The molecule has 0 aliphatic rings. The highest BCUT2D eigenvalue weighted by molar-refractivity contribution is 5.74. The number of anilines is 1. The van der Waals surface area contributed by atoms with Crippen molar-refractivity contribution in [2.75, 3.05) is 5.32 Å². The molecule has 0 heterocycles. The van der Waals surface area contributed by atoms with Crippen molar-refractivity contribution in [3.8, 4) is 0 Å². The van der Waals surface area contributed by atoms with E-state index in [0.29, 0.717) is 5.69 Å².